The first kappa shape index (κ1) is 21.6. The number of hydrogen-bond donors (Lipinski definition) is 7. The molecular weight excluding hydrogens is 328 g/mol. The summed E-state index contributed by atoms with van der Waals surface area (Å²) in [6.45, 7) is 1.00. The van der Waals surface area contributed by atoms with Gasteiger partial charge in [-0.3, -0.25) is 0 Å². The van der Waals surface area contributed by atoms with Gasteiger partial charge in [-0.2, -0.15) is 0 Å². The fraction of sp³-hybridized carbons (Fsp3) is 1.00. The molecule has 0 saturated carbocycles. The molecule has 1 saturated heterocycles. The van der Waals surface area contributed by atoms with Crippen LogP contribution in [0.1, 0.15) is 13.8 Å². The van der Waals surface area contributed by atoms with E-state index in [0.29, 0.717) is 0 Å². The lowest BCUT2D eigenvalue weighted by molar-refractivity contribution is -0.310. The molecule has 3 unspecified atom stereocenters. The zero-order valence-electron chi connectivity index (χ0n) is 13.7. The quantitative estimate of drug-likeness (QED) is 0.204. The van der Waals surface area contributed by atoms with E-state index in [1.165, 1.54) is 13.8 Å². The van der Waals surface area contributed by atoms with Crippen LogP contribution in [0.4, 0.5) is 0 Å². The molecule has 1 fully saturated rings. The van der Waals surface area contributed by atoms with Crippen LogP contribution in [0.25, 0.3) is 0 Å². The first-order valence-corrected chi connectivity index (χ1v) is 7.78. The summed E-state index contributed by atoms with van der Waals surface area (Å²) in [5.74, 6) is 0. The van der Waals surface area contributed by atoms with Gasteiger partial charge in [0.05, 0.1) is 32.0 Å². The van der Waals surface area contributed by atoms with Crippen LogP contribution < -0.4 is 0 Å². The van der Waals surface area contributed by atoms with E-state index in [1.54, 1.807) is 0 Å². The number of ether oxygens (including phenoxy) is 3. The number of rotatable bonds is 9. The van der Waals surface area contributed by atoms with E-state index in [0.717, 1.165) is 0 Å². The fourth-order valence-corrected chi connectivity index (χ4v) is 2.38. The Morgan fingerprint density at radius 2 is 1.67 bits per heavy atom. The molecule has 7 N–H and O–H groups in total. The van der Waals surface area contributed by atoms with Crippen LogP contribution in [-0.4, -0.2) is 111 Å². The van der Waals surface area contributed by atoms with E-state index in [1.807, 2.05) is 0 Å². The minimum Gasteiger partial charge on any atom is -0.394 e. The molecule has 1 aliphatic heterocycles. The van der Waals surface area contributed by atoms with Crippen LogP contribution >= 0.6 is 0 Å². The third-order valence-electron chi connectivity index (χ3n) is 3.92. The molecule has 24 heavy (non-hydrogen) atoms. The van der Waals surface area contributed by atoms with E-state index < -0.39 is 74.9 Å². The monoisotopic (exact) mass is 356 g/mol. The first-order valence-electron chi connectivity index (χ1n) is 7.78. The van der Waals surface area contributed by atoms with E-state index in [4.69, 9.17) is 19.3 Å². The Morgan fingerprint density at radius 3 is 2.12 bits per heavy atom. The second-order valence-electron chi connectivity index (χ2n) is 5.86. The third kappa shape index (κ3) is 5.30. The Morgan fingerprint density at radius 1 is 1.04 bits per heavy atom. The van der Waals surface area contributed by atoms with Crippen LogP contribution in [0.2, 0.25) is 0 Å². The lowest BCUT2D eigenvalue weighted by Crippen LogP contribution is -2.60. The normalized spacial score (nSPS) is 36.1. The summed E-state index contributed by atoms with van der Waals surface area (Å²) in [6.07, 6.45) is -11.1. The molecule has 0 aromatic heterocycles. The third-order valence-corrected chi connectivity index (χ3v) is 3.92. The zero-order valence-corrected chi connectivity index (χ0v) is 13.7. The molecule has 0 aliphatic carbocycles. The van der Waals surface area contributed by atoms with Crippen molar-refractivity contribution in [2.24, 2.45) is 0 Å². The van der Waals surface area contributed by atoms with Crippen LogP contribution in [0.3, 0.4) is 0 Å². The van der Waals surface area contributed by atoms with Crippen molar-refractivity contribution in [1.29, 1.82) is 0 Å². The predicted octanol–water partition coefficient (Wildman–Crippen LogP) is -3.69. The largest absolute Gasteiger partial charge is 0.394 e. The van der Waals surface area contributed by atoms with Crippen molar-refractivity contribution >= 4 is 0 Å². The van der Waals surface area contributed by atoms with Crippen molar-refractivity contribution in [3.63, 3.8) is 0 Å². The molecule has 9 atom stereocenters. The van der Waals surface area contributed by atoms with Gasteiger partial charge >= 0.3 is 0 Å². The molecule has 10 heteroatoms. The smallest absolute Gasteiger partial charge is 0.186 e. The van der Waals surface area contributed by atoms with Crippen molar-refractivity contribution in [3.05, 3.63) is 0 Å². The Kier molecular flexibility index (Phi) is 8.95. The summed E-state index contributed by atoms with van der Waals surface area (Å²) in [5.41, 5.74) is 0. The maximum atomic E-state index is 10.1. The molecule has 0 radical (unpaired) electrons. The first-order chi connectivity index (χ1) is 11.3. The molecule has 0 aromatic carbocycles. The summed E-state index contributed by atoms with van der Waals surface area (Å²) in [6, 6.07) is 0. The van der Waals surface area contributed by atoms with E-state index >= 15 is 0 Å². The van der Waals surface area contributed by atoms with Crippen LogP contribution in [-0.2, 0) is 14.2 Å². The van der Waals surface area contributed by atoms with Gasteiger partial charge in [0.25, 0.3) is 0 Å². The molecular formula is C14H28O10. The highest BCUT2D eigenvalue weighted by molar-refractivity contribution is 4.92. The van der Waals surface area contributed by atoms with E-state index in [-0.39, 0.29) is 0 Å². The van der Waals surface area contributed by atoms with Crippen molar-refractivity contribution < 1.29 is 50.0 Å². The molecule has 1 heterocycles. The molecule has 1 rings (SSSR count). The Labute approximate surface area is 139 Å². The maximum Gasteiger partial charge on any atom is 0.186 e. The standard InChI is InChI=1S/C14H28O10/c1-6(18)9(4-16)23-14(8(19)3-15)24-13-10(5-17)22-7(2)11(20)12(13)21/h6-21H,3-5H2,1-2H3/t6-,7-,8-,9?,10?,11+,12?,13+,14+/m0/s1. The molecule has 0 spiro atoms. The van der Waals surface area contributed by atoms with E-state index in [9.17, 15) is 30.6 Å². The highest BCUT2D eigenvalue weighted by Crippen LogP contribution is 2.25. The summed E-state index contributed by atoms with van der Waals surface area (Å²) in [5, 5.41) is 67.1. The van der Waals surface area contributed by atoms with Crippen LogP contribution in [0, 0.1) is 0 Å². The van der Waals surface area contributed by atoms with Crippen molar-refractivity contribution in [3.8, 4) is 0 Å². The Balaban J connectivity index is 2.90. The zero-order chi connectivity index (χ0) is 18.4. The predicted molar refractivity (Wildman–Crippen MR) is 78.8 cm³/mol. The van der Waals surface area contributed by atoms with Gasteiger partial charge in [-0.1, -0.05) is 0 Å². The van der Waals surface area contributed by atoms with Gasteiger partial charge < -0.3 is 50.0 Å². The summed E-state index contributed by atoms with van der Waals surface area (Å²) < 4.78 is 16.0. The molecule has 10 nitrogen and oxygen atoms in total. The molecule has 1 aliphatic rings. The van der Waals surface area contributed by atoms with Crippen LogP contribution in [0.15, 0.2) is 0 Å². The van der Waals surface area contributed by atoms with Gasteiger partial charge in [0.2, 0.25) is 0 Å². The maximum absolute atomic E-state index is 10.1. The van der Waals surface area contributed by atoms with Crippen molar-refractivity contribution in [2.45, 2.75) is 69.0 Å². The minimum absolute atomic E-state index is 0.527. The lowest BCUT2D eigenvalue weighted by Gasteiger charge is -2.43. The molecule has 0 aromatic rings. The highest BCUT2D eigenvalue weighted by Gasteiger charge is 2.45. The average molecular weight is 356 g/mol. The Hall–Kier alpha value is -0.400. The SMILES string of the molecule is C[C@H](O)C(CO)O[C@H](O[C@@H]1C(CO)O[C@@H](C)[C@@H](O)C1O)[C@@H](O)CO. The number of hydrogen-bond acceptors (Lipinski definition) is 10. The average Bonchev–Trinajstić information content (AvgIpc) is 2.56. The van der Waals surface area contributed by atoms with Crippen molar-refractivity contribution in [2.75, 3.05) is 19.8 Å². The van der Waals surface area contributed by atoms with Gasteiger partial charge in [-0.05, 0) is 13.8 Å². The molecule has 0 bridgehead atoms. The number of aliphatic hydroxyl groups excluding tert-OH is 7. The van der Waals surface area contributed by atoms with Crippen molar-refractivity contribution in [1.82, 2.24) is 0 Å². The Bertz CT molecular complexity index is 352. The lowest BCUT2D eigenvalue weighted by atomic mass is 9.95. The summed E-state index contributed by atoms with van der Waals surface area (Å²) >= 11 is 0. The van der Waals surface area contributed by atoms with Gasteiger partial charge in [-0.25, -0.2) is 0 Å². The van der Waals surface area contributed by atoms with Gasteiger partial charge in [0, 0.05) is 0 Å². The summed E-state index contributed by atoms with van der Waals surface area (Å²) in [7, 11) is 0. The fourth-order valence-electron chi connectivity index (χ4n) is 2.38. The minimum atomic E-state index is -1.55. The summed E-state index contributed by atoms with van der Waals surface area (Å²) in [4.78, 5) is 0. The second kappa shape index (κ2) is 9.92. The highest BCUT2D eigenvalue weighted by atomic mass is 16.7. The molecule has 0 amide bonds. The second-order valence-corrected chi connectivity index (χ2v) is 5.86. The topological polar surface area (TPSA) is 169 Å². The van der Waals surface area contributed by atoms with Gasteiger partial charge in [0.15, 0.2) is 6.29 Å². The van der Waals surface area contributed by atoms with Crippen LogP contribution in [0.5, 0.6) is 0 Å². The van der Waals surface area contributed by atoms with Gasteiger partial charge in [-0.15, -0.1) is 0 Å². The number of aliphatic hydroxyl groups is 7. The van der Waals surface area contributed by atoms with Gasteiger partial charge in [0.1, 0.15) is 36.6 Å². The molecule has 144 valence electrons. The van der Waals surface area contributed by atoms with E-state index in [2.05, 4.69) is 0 Å².